The highest BCUT2D eigenvalue weighted by Crippen LogP contribution is 2.22. The normalized spacial score (nSPS) is 10.4. The van der Waals surface area contributed by atoms with Crippen LogP contribution in [-0.4, -0.2) is 0 Å². The lowest BCUT2D eigenvalue weighted by Gasteiger charge is -2.08. The Balaban J connectivity index is 2.44. The molecule has 0 aromatic heterocycles. The summed E-state index contributed by atoms with van der Waals surface area (Å²) >= 11 is 0. The quantitative estimate of drug-likeness (QED) is 0.707. The smallest absolute Gasteiger partial charge is 0.00616 e. The van der Waals surface area contributed by atoms with Crippen LogP contribution in [-0.2, 0) is 12.8 Å². The molecule has 2 aromatic carbocycles. The maximum Gasteiger partial charge on any atom is -0.00616 e. The number of hydrogen-bond acceptors (Lipinski definition) is 0. The number of aryl methyl sites for hydroxylation is 2. The van der Waals surface area contributed by atoms with Gasteiger partial charge < -0.3 is 0 Å². The lowest BCUT2D eigenvalue weighted by molar-refractivity contribution is 1.04. The fourth-order valence-electron chi connectivity index (χ4n) is 2.00. The van der Waals surface area contributed by atoms with E-state index in [1.165, 1.54) is 22.3 Å². The second kappa shape index (κ2) is 4.98. The molecule has 1 radical (unpaired) electrons. The molecule has 0 saturated heterocycles. The Kier molecular flexibility index (Phi) is 3.40. The summed E-state index contributed by atoms with van der Waals surface area (Å²) in [7, 11) is 0. The molecule has 0 bridgehead atoms. The van der Waals surface area contributed by atoms with Gasteiger partial charge in [0.25, 0.3) is 0 Å². The Labute approximate surface area is 97.9 Å². The minimum atomic E-state index is 1.06. The van der Waals surface area contributed by atoms with Crippen LogP contribution >= 0.6 is 0 Å². The molecular weight excluding hydrogens is 192 g/mol. The maximum atomic E-state index is 3.53. The largest absolute Gasteiger partial charge is 0.0622 e. The predicted molar refractivity (Wildman–Crippen MR) is 69.5 cm³/mol. The highest BCUT2D eigenvalue weighted by atomic mass is 14.1. The van der Waals surface area contributed by atoms with E-state index in [1.807, 2.05) is 6.07 Å². The Hall–Kier alpha value is -1.56. The molecule has 0 heteroatoms. The highest BCUT2D eigenvalue weighted by Gasteiger charge is 2.02. The monoisotopic (exact) mass is 209 g/mol. The van der Waals surface area contributed by atoms with Gasteiger partial charge in [0.05, 0.1) is 0 Å². The van der Waals surface area contributed by atoms with Gasteiger partial charge in [-0.1, -0.05) is 56.3 Å². The molecule has 0 fully saturated rings. The molecule has 0 spiro atoms. The van der Waals surface area contributed by atoms with E-state index < -0.39 is 0 Å². The molecular formula is C16H17. The third-order valence-corrected chi connectivity index (χ3v) is 2.94. The van der Waals surface area contributed by atoms with Gasteiger partial charge in [-0.3, -0.25) is 0 Å². The summed E-state index contributed by atoms with van der Waals surface area (Å²) in [5, 5.41) is 0. The molecule has 0 amide bonds. The number of benzene rings is 2. The van der Waals surface area contributed by atoms with Crippen molar-refractivity contribution in [3.8, 4) is 11.1 Å². The Morgan fingerprint density at radius 3 is 2.25 bits per heavy atom. The van der Waals surface area contributed by atoms with Crippen molar-refractivity contribution in [2.24, 2.45) is 0 Å². The summed E-state index contributed by atoms with van der Waals surface area (Å²) in [4.78, 5) is 0. The van der Waals surface area contributed by atoms with Crippen LogP contribution in [0.3, 0.4) is 0 Å². The zero-order valence-corrected chi connectivity index (χ0v) is 9.96. The molecule has 2 rings (SSSR count). The van der Waals surface area contributed by atoms with Gasteiger partial charge >= 0.3 is 0 Å². The van der Waals surface area contributed by atoms with Crippen molar-refractivity contribution < 1.29 is 0 Å². The van der Waals surface area contributed by atoms with Crippen molar-refractivity contribution in [2.45, 2.75) is 26.7 Å². The van der Waals surface area contributed by atoms with Crippen LogP contribution in [0.2, 0.25) is 0 Å². The van der Waals surface area contributed by atoms with Crippen LogP contribution in [0, 0.1) is 6.07 Å². The number of hydrogen-bond donors (Lipinski definition) is 0. The molecule has 0 nitrogen and oxygen atoms in total. The maximum absolute atomic E-state index is 3.53. The molecule has 0 aliphatic carbocycles. The van der Waals surface area contributed by atoms with Crippen LogP contribution in [0.25, 0.3) is 11.1 Å². The fraction of sp³-hybridized carbons (Fsp3) is 0.250. The van der Waals surface area contributed by atoms with E-state index in [9.17, 15) is 0 Å². The SMILES string of the molecule is CCc1[c]c(-c2ccccc2)ccc1CC. The molecule has 0 aliphatic rings. The molecule has 81 valence electrons. The van der Waals surface area contributed by atoms with E-state index >= 15 is 0 Å². The third-order valence-electron chi connectivity index (χ3n) is 2.94. The van der Waals surface area contributed by atoms with Crippen LogP contribution in [0.1, 0.15) is 25.0 Å². The molecule has 0 atom stereocenters. The first-order valence-corrected chi connectivity index (χ1v) is 5.94. The summed E-state index contributed by atoms with van der Waals surface area (Å²) in [5.41, 5.74) is 5.22. The van der Waals surface area contributed by atoms with Crippen molar-refractivity contribution >= 4 is 0 Å². The topological polar surface area (TPSA) is 0 Å². The van der Waals surface area contributed by atoms with Gasteiger partial charge in [-0.05, 0) is 41.2 Å². The van der Waals surface area contributed by atoms with Crippen LogP contribution in [0.4, 0.5) is 0 Å². The second-order valence-electron chi connectivity index (χ2n) is 3.95. The van der Waals surface area contributed by atoms with Gasteiger partial charge in [0.1, 0.15) is 0 Å². The molecule has 2 aromatic rings. The lowest BCUT2D eigenvalue weighted by atomic mass is 9.97. The Morgan fingerprint density at radius 2 is 1.62 bits per heavy atom. The van der Waals surface area contributed by atoms with E-state index in [2.05, 4.69) is 56.3 Å². The molecule has 0 saturated carbocycles. The minimum Gasteiger partial charge on any atom is -0.0622 e. The standard InChI is InChI=1S/C16H17/c1-3-13-10-11-16(12-14(13)4-2)15-8-6-5-7-9-15/h5-11H,3-4H2,1-2H3. The predicted octanol–water partition coefficient (Wildman–Crippen LogP) is 4.28. The minimum absolute atomic E-state index is 1.06. The van der Waals surface area contributed by atoms with Crippen molar-refractivity contribution in [3.63, 3.8) is 0 Å². The van der Waals surface area contributed by atoms with Crippen molar-refractivity contribution in [2.75, 3.05) is 0 Å². The van der Waals surface area contributed by atoms with Crippen molar-refractivity contribution in [1.82, 2.24) is 0 Å². The van der Waals surface area contributed by atoms with Gasteiger partial charge in [-0.25, -0.2) is 0 Å². The highest BCUT2D eigenvalue weighted by molar-refractivity contribution is 5.64. The molecule has 0 N–H and O–H groups in total. The van der Waals surface area contributed by atoms with E-state index in [0.717, 1.165) is 12.8 Å². The van der Waals surface area contributed by atoms with Gasteiger partial charge in [-0.2, -0.15) is 0 Å². The van der Waals surface area contributed by atoms with Gasteiger partial charge in [0, 0.05) is 0 Å². The Bertz CT molecular complexity index is 455. The average molecular weight is 209 g/mol. The lowest BCUT2D eigenvalue weighted by Crippen LogP contribution is -1.92. The summed E-state index contributed by atoms with van der Waals surface area (Å²) < 4.78 is 0. The zero-order chi connectivity index (χ0) is 11.4. The second-order valence-corrected chi connectivity index (χ2v) is 3.95. The van der Waals surface area contributed by atoms with Gasteiger partial charge in [0.15, 0.2) is 0 Å². The van der Waals surface area contributed by atoms with Crippen LogP contribution < -0.4 is 0 Å². The summed E-state index contributed by atoms with van der Waals surface area (Å²) in [6, 6.07) is 18.4. The van der Waals surface area contributed by atoms with Crippen LogP contribution in [0.5, 0.6) is 0 Å². The fourth-order valence-corrected chi connectivity index (χ4v) is 2.00. The van der Waals surface area contributed by atoms with E-state index in [-0.39, 0.29) is 0 Å². The summed E-state index contributed by atoms with van der Waals surface area (Å²) in [6.45, 7) is 4.39. The number of rotatable bonds is 3. The van der Waals surface area contributed by atoms with Crippen LogP contribution in [0.15, 0.2) is 42.5 Å². The molecule has 0 aliphatic heterocycles. The first-order chi connectivity index (χ1) is 7.85. The van der Waals surface area contributed by atoms with Crippen molar-refractivity contribution in [1.29, 1.82) is 0 Å². The summed E-state index contributed by atoms with van der Waals surface area (Å²) in [5.74, 6) is 0. The first kappa shape index (κ1) is 10.9. The molecule has 0 unspecified atom stereocenters. The van der Waals surface area contributed by atoms with E-state index in [4.69, 9.17) is 0 Å². The van der Waals surface area contributed by atoms with Gasteiger partial charge in [0.2, 0.25) is 0 Å². The van der Waals surface area contributed by atoms with Gasteiger partial charge in [-0.15, -0.1) is 0 Å². The van der Waals surface area contributed by atoms with E-state index in [0.29, 0.717) is 0 Å². The third kappa shape index (κ3) is 2.16. The first-order valence-electron chi connectivity index (χ1n) is 5.94. The van der Waals surface area contributed by atoms with E-state index in [1.54, 1.807) is 0 Å². The summed E-state index contributed by atoms with van der Waals surface area (Å²) in [6.07, 6.45) is 2.15. The van der Waals surface area contributed by atoms with Crippen molar-refractivity contribution in [3.05, 3.63) is 59.7 Å². The average Bonchev–Trinajstić information content (AvgIpc) is 2.39. The Morgan fingerprint density at radius 1 is 0.875 bits per heavy atom. The molecule has 16 heavy (non-hydrogen) atoms. The molecule has 0 heterocycles. The zero-order valence-electron chi connectivity index (χ0n) is 9.96.